The molecule has 2 aromatic carbocycles. The van der Waals surface area contributed by atoms with Crippen molar-refractivity contribution in [1.82, 2.24) is 15.1 Å². The van der Waals surface area contributed by atoms with Gasteiger partial charge in [-0.25, -0.2) is 8.78 Å². The zero-order valence-electron chi connectivity index (χ0n) is 21.4. The summed E-state index contributed by atoms with van der Waals surface area (Å²) >= 11 is 0. The molecular weight excluding hydrogens is 489 g/mol. The van der Waals surface area contributed by atoms with Crippen molar-refractivity contribution in [1.29, 1.82) is 0 Å². The monoisotopic (exact) mass is 523 g/mol. The van der Waals surface area contributed by atoms with Crippen molar-refractivity contribution in [2.24, 2.45) is 11.3 Å². The summed E-state index contributed by atoms with van der Waals surface area (Å²) in [6.07, 6.45) is -2.77. The average Bonchev–Trinajstić information content (AvgIpc) is 3.15. The highest BCUT2D eigenvalue weighted by molar-refractivity contribution is 5.94. The largest absolute Gasteiger partial charge is 0.416 e. The first kappa shape index (κ1) is 27.5. The van der Waals surface area contributed by atoms with E-state index in [0.29, 0.717) is 30.7 Å². The van der Waals surface area contributed by atoms with Crippen LogP contribution in [0, 0.1) is 23.0 Å². The van der Waals surface area contributed by atoms with Crippen LogP contribution >= 0.6 is 0 Å². The van der Waals surface area contributed by atoms with E-state index in [0.717, 1.165) is 44.6 Å². The lowest BCUT2D eigenvalue weighted by atomic mass is 9.68. The summed E-state index contributed by atoms with van der Waals surface area (Å²) in [5.74, 6) is -1.76. The van der Waals surface area contributed by atoms with Crippen molar-refractivity contribution < 1.29 is 26.7 Å². The molecule has 2 aliphatic rings. The second-order valence-corrected chi connectivity index (χ2v) is 11.0. The standard InChI is InChI=1S/C28H34F5N3O/c1-18(2)25(34-26(37)22-14-20(28(31,32)33)6-9-24(22)30)16-36-12-10-27(11-13-36)17-35(3)15-23(27)19-4-7-21(29)8-5-19/h4-9,14,18,23,25H,10-13,15-17H2,1-3H3,(H,34,37)/t23?,25-/m0/s1. The third-order valence-electron chi connectivity index (χ3n) is 8.06. The zero-order valence-corrected chi connectivity index (χ0v) is 21.4. The molecule has 2 atom stereocenters. The summed E-state index contributed by atoms with van der Waals surface area (Å²) in [6.45, 7) is 7.87. The number of likely N-dealkylation sites (tertiary alicyclic amines) is 2. The minimum absolute atomic E-state index is 0.00160. The summed E-state index contributed by atoms with van der Waals surface area (Å²) < 4.78 is 67.0. The lowest BCUT2D eigenvalue weighted by molar-refractivity contribution is -0.137. The van der Waals surface area contributed by atoms with Gasteiger partial charge in [0, 0.05) is 31.6 Å². The number of hydrogen-bond acceptors (Lipinski definition) is 3. The molecule has 2 fully saturated rings. The van der Waals surface area contributed by atoms with Gasteiger partial charge in [-0.05, 0) is 80.2 Å². The molecule has 4 rings (SSSR count). The van der Waals surface area contributed by atoms with E-state index in [-0.39, 0.29) is 23.2 Å². The molecule has 1 N–H and O–H groups in total. The average molecular weight is 524 g/mol. The normalized spacial score (nSPS) is 21.5. The number of hydrogen-bond donors (Lipinski definition) is 1. The molecule has 37 heavy (non-hydrogen) atoms. The van der Waals surface area contributed by atoms with Crippen LogP contribution in [0.1, 0.15) is 54.1 Å². The highest BCUT2D eigenvalue weighted by atomic mass is 19.4. The SMILES string of the molecule is CC(C)[C@H](CN1CCC2(CC1)CN(C)CC2c1ccc(F)cc1)NC(=O)c1cc(C(F)(F)F)ccc1F. The summed E-state index contributed by atoms with van der Waals surface area (Å²) in [6, 6.07) is 8.32. The molecule has 0 saturated carbocycles. The van der Waals surface area contributed by atoms with Crippen LogP contribution in [0.15, 0.2) is 42.5 Å². The van der Waals surface area contributed by atoms with E-state index < -0.39 is 29.0 Å². The molecule has 2 heterocycles. The van der Waals surface area contributed by atoms with E-state index in [1.165, 1.54) is 12.1 Å². The van der Waals surface area contributed by atoms with E-state index in [1.54, 1.807) is 0 Å². The Hall–Kier alpha value is -2.52. The van der Waals surface area contributed by atoms with Crippen LogP contribution in [0.3, 0.4) is 0 Å². The van der Waals surface area contributed by atoms with Crippen LogP contribution in [0.4, 0.5) is 22.0 Å². The third-order valence-corrected chi connectivity index (χ3v) is 8.06. The summed E-state index contributed by atoms with van der Waals surface area (Å²) in [7, 11) is 2.11. The molecule has 1 spiro atoms. The minimum Gasteiger partial charge on any atom is -0.348 e. The van der Waals surface area contributed by atoms with Gasteiger partial charge in [-0.15, -0.1) is 0 Å². The van der Waals surface area contributed by atoms with E-state index in [2.05, 4.69) is 22.2 Å². The van der Waals surface area contributed by atoms with Crippen molar-refractivity contribution in [3.8, 4) is 0 Å². The van der Waals surface area contributed by atoms with Crippen molar-refractivity contribution in [3.63, 3.8) is 0 Å². The number of alkyl halides is 3. The van der Waals surface area contributed by atoms with Crippen molar-refractivity contribution in [2.75, 3.05) is 39.8 Å². The Morgan fingerprint density at radius 2 is 1.73 bits per heavy atom. The molecule has 2 aromatic rings. The molecule has 1 amide bonds. The predicted octanol–water partition coefficient (Wildman–Crippen LogP) is 5.55. The Morgan fingerprint density at radius 1 is 1.08 bits per heavy atom. The van der Waals surface area contributed by atoms with Crippen molar-refractivity contribution in [3.05, 3.63) is 70.8 Å². The zero-order chi connectivity index (χ0) is 27.0. The number of nitrogens with one attached hydrogen (secondary N) is 1. The molecule has 2 aliphatic heterocycles. The number of halogens is 5. The van der Waals surface area contributed by atoms with Gasteiger partial charge in [-0.3, -0.25) is 4.79 Å². The Morgan fingerprint density at radius 3 is 2.32 bits per heavy atom. The van der Waals surface area contributed by atoms with E-state index in [1.807, 2.05) is 26.0 Å². The lowest BCUT2D eigenvalue weighted by Crippen LogP contribution is -2.51. The molecule has 9 heteroatoms. The maximum atomic E-state index is 14.3. The fourth-order valence-electron chi connectivity index (χ4n) is 5.88. The Balaban J connectivity index is 1.42. The molecule has 0 radical (unpaired) electrons. The van der Waals surface area contributed by atoms with Gasteiger partial charge in [-0.1, -0.05) is 26.0 Å². The Labute approximate surface area is 214 Å². The van der Waals surface area contributed by atoms with Gasteiger partial charge >= 0.3 is 6.18 Å². The first-order valence-electron chi connectivity index (χ1n) is 12.7. The number of piperidine rings is 1. The second-order valence-electron chi connectivity index (χ2n) is 11.0. The molecule has 0 aromatic heterocycles. The number of carbonyl (C=O) groups is 1. The second kappa shape index (κ2) is 10.7. The van der Waals surface area contributed by atoms with Crippen LogP contribution < -0.4 is 5.32 Å². The Kier molecular flexibility index (Phi) is 7.95. The van der Waals surface area contributed by atoms with Crippen molar-refractivity contribution in [2.45, 2.75) is 44.8 Å². The number of rotatable bonds is 6. The molecular formula is C28H34F5N3O. The van der Waals surface area contributed by atoms with Gasteiger partial charge in [0.25, 0.3) is 5.91 Å². The molecule has 1 unspecified atom stereocenters. The van der Waals surface area contributed by atoms with Gasteiger partial charge in [0.05, 0.1) is 11.1 Å². The smallest absolute Gasteiger partial charge is 0.348 e. The first-order valence-corrected chi connectivity index (χ1v) is 12.7. The van der Waals surface area contributed by atoms with Crippen LogP contribution in [-0.2, 0) is 6.18 Å². The maximum Gasteiger partial charge on any atom is 0.416 e. The molecule has 4 nitrogen and oxygen atoms in total. The van der Waals surface area contributed by atoms with Crippen LogP contribution in [0.5, 0.6) is 0 Å². The fraction of sp³-hybridized carbons (Fsp3) is 0.536. The van der Waals surface area contributed by atoms with Crippen LogP contribution in [0.25, 0.3) is 0 Å². The summed E-state index contributed by atoms with van der Waals surface area (Å²) in [5.41, 5.74) is -0.427. The predicted molar refractivity (Wildman–Crippen MR) is 132 cm³/mol. The number of benzene rings is 2. The maximum absolute atomic E-state index is 14.3. The quantitative estimate of drug-likeness (QED) is 0.505. The van der Waals surface area contributed by atoms with Crippen LogP contribution in [0.2, 0.25) is 0 Å². The van der Waals surface area contributed by atoms with Gasteiger partial charge in [0.15, 0.2) is 0 Å². The number of likely N-dealkylation sites (N-methyl/N-ethyl adjacent to an activating group) is 1. The number of carbonyl (C=O) groups excluding carboxylic acids is 1. The van der Waals surface area contributed by atoms with E-state index in [9.17, 15) is 26.7 Å². The lowest BCUT2D eigenvalue weighted by Gasteiger charge is -2.44. The summed E-state index contributed by atoms with van der Waals surface area (Å²) in [4.78, 5) is 17.4. The van der Waals surface area contributed by atoms with Gasteiger partial charge in [0.1, 0.15) is 11.6 Å². The molecule has 2 saturated heterocycles. The number of amides is 1. The third kappa shape index (κ3) is 6.14. The van der Waals surface area contributed by atoms with Gasteiger partial charge < -0.3 is 15.1 Å². The fourth-order valence-corrected chi connectivity index (χ4v) is 5.88. The van der Waals surface area contributed by atoms with Gasteiger partial charge in [0.2, 0.25) is 0 Å². The molecule has 0 bridgehead atoms. The molecule has 0 aliphatic carbocycles. The topological polar surface area (TPSA) is 35.6 Å². The van der Waals surface area contributed by atoms with Gasteiger partial charge in [-0.2, -0.15) is 13.2 Å². The minimum atomic E-state index is -4.66. The highest BCUT2D eigenvalue weighted by Gasteiger charge is 2.47. The van der Waals surface area contributed by atoms with E-state index >= 15 is 0 Å². The number of nitrogens with zero attached hydrogens (tertiary/aromatic N) is 2. The van der Waals surface area contributed by atoms with E-state index in [4.69, 9.17) is 0 Å². The van der Waals surface area contributed by atoms with Crippen LogP contribution in [-0.4, -0.2) is 61.5 Å². The van der Waals surface area contributed by atoms with Crippen molar-refractivity contribution >= 4 is 5.91 Å². The Bertz CT molecular complexity index is 1090. The first-order chi connectivity index (χ1) is 17.4. The highest BCUT2D eigenvalue weighted by Crippen LogP contribution is 2.49. The molecule has 202 valence electrons. The summed E-state index contributed by atoms with van der Waals surface area (Å²) in [5, 5.41) is 2.78.